The van der Waals surface area contributed by atoms with Gasteiger partial charge in [-0.25, -0.2) is 0 Å². The van der Waals surface area contributed by atoms with Gasteiger partial charge in [-0.15, -0.1) is 0 Å². The van der Waals surface area contributed by atoms with E-state index in [1.54, 1.807) is 0 Å². The van der Waals surface area contributed by atoms with Crippen LogP contribution in [0.15, 0.2) is 49.1 Å². The van der Waals surface area contributed by atoms with Crippen molar-refractivity contribution in [1.29, 1.82) is 0 Å². The number of nitrogens with zero attached hydrogens (tertiary/aromatic N) is 2. The van der Waals surface area contributed by atoms with Crippen LogP contribution in [0.2, 0.25) is 0 Å². The van der Waals surface area contributed by atoms with E-state index in [4.69, 9.17) is 0 Å². The van der Waals surface area contributed by atoms with Gasteiger partial charge in [-0.1, -0.05) is 0 Å². The van der Waals surface area contributed by atoms with Crippen molar-refractivity contribution >= 4 is 35.0 Å². The monoisotopic (exact) mass is 300 g/mol. The predicted molar refractivity (Wildman–Crippen MR) is 65.2 cm³/mol. The van der Waals surface area contributed by atoms with Gasteiger partial charge in [-0.2, -0.15) is 9.46 Å². The van der Waals surface area contributed by atoms with Crippen molar-refractivity contribution in [1.82, 2.24) is 0 Å². The third kappa shape index (κ3) is 6.54. The van der Waals surface area contributed by atoms with Crippen LogP contribution in [0.1, 0.15) is 20.7 Å². The first-order valence-corrected chi connectivity index (χ1v) is 5.20. The summed E-state index contributed by atoms with van der Waals surface area (Å²) in [6.45, 7) is 0. The standard InChI is InChI=1S/2C6H5NO3.Mg/c2*8-6(9)5-2-1-3-7(10)4-5;/h2*1-4H,(H,8,9);/q;;+2/p-2. The fraction of sp³-hybridized carbons (Fsp3) is 0. The van der Waals surface area contributed by atoms with Gasteiger partial charge in [-0.3, -0.25) is 0 Å². The Bertz CT molecular complexity index is 579. The van der Waals surface area contributed by atoms with Crippen molar-refractivity contribution in [2.75, 3.05) is 0 Å². The summed E-state index contributed by atoms with van der Waals surface area (Å²) in [5.41, 5.74) is -0.227. The number of hydrogen-bond acceptors (Lipinski definition) is 6. The molecule has 0 bridgehead atoms. The Labute approximate surface area is 135 Å². The number of carboxylic acids is 2. The summed E-state index contributed by atoms with van der Waals surface area (Å²) >= 11 is 0. The Hall–Kier alpha value is -2.39. The average molecular weight is 301 g/mol. The molecule has 0 saturated heterocycles. The van der Waals surface area contributed by atoms with E-state index in [2.05, 4.69) is 0 Å². The molecule has 9 heteroatoms. The van der Waals surface area contributed by atoms with E-state index in [0.29, 0.717) is 9.46 Å². The molecule has 2 aromatic heterocycles. The molecule has 2 aromatic rings. The molecule has 0 amide bonds. The van der Waals surface area contributed by atoms with Gasteiger partial charge < -0.3 is 30.2 Å². The normalized spacial score (nSPS) is 8.76. The molecule has 0 saturated carbocycles. The van der Waals surface area contributed by atoms with E-state index < -0.39 is 11.9 Å². The maximum absolute atomic E-state index is 10.4. The number of carbonyl (C=O) groups excluding carboxylic acids is 2. The summed E-state index contributed by atoms with van der Waals surface area (Å²) in [6, 6.07) is 5.28. The third-order valence-corrected chi connectivity index (χ3v) is 2.02. The SMILES string of the molecule is O=C([O-])c1ccc[n+]([O-])c1.O=C([O-])c1ccc[n+]([O-])c1.[Mg+2]. The minimum atomic E-state index is -1.34. The summed E-state index contributed by atoms with van der Waals surface area (Å²) in [5, 5.41) is 41.0. The van der Waals surface area contributed by atoms with Crippen LogP contribution in [0, 0.1) is 10.4 Å². The quantitative estimate of drug-likeness (QED) is 0.329. The zero-order valence-corrected chi connectivity index (χ0v) is 12.1. The first-order chi connectivity index (χ1) is 9.40. The predicted octanol–water partition coefficient (Wildman–Crippen LogP) is -3.01. The van der Waals surface area contributed by atoms with Crippen LogP contribution in [-0.4, -0.2) is 35.0 Å². The van der Waals surface area contributed by atoms with E-state index in [-0.39, 0.29) is 34.2 Å². The van der Waals surface area contributed by atoms with Crippen molar-refractivity contribution in [2.45, 2.75) is 0 Å². The molecule has 104 valence electrons. The summed E-state index contributed by atoms with van der Waals surface area (Å²) in [6.07, 6.45) is 4.28. The van der Waals surface area contributed by atoms with Crippen molar-refractivity contribution in [3.63, 3.8) is 0 Å². The van der Waals surface area contributed by atoms with Crippen molar-refractivity contribution in [3.8, 4) is 0 Å². The van der Waals surface area contributed by atoms with Crippen LogP contribution < -0.4 is 19.7 Å². The van der Waals surface area contributed by atoms with Crippen LogP contribution in [0.3, 0.4) is 0 Å². The maximum Gasteiger partial charge on any atom is 2.00 e. The van der Waals surface area contributed by atoms with Gasteiger partial charge in [0.15, 0.2) is 24.8 Å². The second-order valence-electron chi connectivity index (χ2n) is 3.48. The molecule has 0 fully saturated rings. The number of aromatic carboxylic acids is 2. The molecule has 0 atom stereocenters. The van der Waals surface area contributed by atoms with Gasteiger partial charge in [0.05, 0.1) is 23.1 Å². The number of hydrogen-bond donors (Lipinski definition) is 0. The van der Waals surface area contributed by atoms with Crippen LogP contribution in [0.5, 0.6) is 0 Å². The van der Waals surface area contributed by atoms with E-state index in [1.165, 1.54) is 36.7 Å². The molecule has 0 aliphatic carbocycles. The first-order valence-electron chi connectivity index (χ1n) is 5.20. The molecule has 2 heterocycles. The van der Waals surface area contributed by atoms with E-state index in [9.17, 15) is 30.2 Å². The molecule has 0 aliphatic heterocycles. The molecule has 0 unspecified atom stereocenters. The van der Waals surface area contributed by atoms with Crippen LogP contribution in [0.25, 0.3) is 0 Å². The summed E-state index contributed by atoms with van der Waals surface area (Å²) < 4.78 is 0.816. The van der Waals surface area contributed by atoms with Crippen LogP contribution in [0.4, 0.5) is 0 Å². The molecule has 0 spiro atoms. The fourth-order valence-corrected chi connectivity index (χ4v) is 1.15. The number of pyridine rings is 2. The molecule has 21 heavy (non-hydrogen) atoms. The van der Waals surface area contributed by atoms with Crippen LogP contribution in [-0.2, 0) is 0 Å². The van der Waals surface area contributed by atoms with Gasteiger partial charge in [0.2, 0.25) is 0 Å². The van der Waals surface area contributed by atoms with Gasteiger partial charge in [0.25, 0.3) is 0 Å². The summed E-state index contributed by atoms with van der Waals surface area (Å²) in [4.78, 5) is 20.2. The molecule has 8 nitrogen and oxygen atoms in total. The van der Waals surface area contributed by atoms with E-state index in [1.807, 2.05) is 0 Å². The zero-order valence-electron chi connectivity index (χ0n) is 10.7. The van der Waals surface area contributed by atoms with Crippen molar-refractivity contribution in [3.05, 3.63) is 70.6 Å². The van der Waals surface area contributed by atoms with E-state index >= 15 is 0 Å². The summed E-state index contributed by atoms with van der Waals surface area (Å²) in [7, 11) is 0. The zero-order chi connectivity index (χ0) is 15.1. The third-order valence-electron chi connectivity index (χ3n) is 2.02. The Kier molecular flexibility index (Phi) is 7.72. The first kappa shape index (κ1) is 18.6. The molecular formula is C12H8MgN2O6. The minimum absolute atomic E-state index is 0. The van der Waals surface area contributed by atoms with Gasteiger partial charge in [-0.05, 0) is 12.1 Å². The van der Waals surface area contributed by atoms with Gasteiger partial charge in [0, 0.05) is 12.1 Å². The van der Waals surface area contributed by atoms with Crippen LogP contribution >= 0.6 is 0 Å². The Balaban J connectivity index is 0.000000364. The molecule has 2 rings (SSSR count). The maximum atomic E-state index is 10.4. The molecule has 0 aromatic carbocycles. The van der Waals surface area contributed by atoms with Crippen molar-refractivity contribution < 1.29 is 29.3 Å². The minimum Gasteiger partial charge on any atom is -0.619 e. The number of carboxylic acid groups (broad SMARTS) is 2. The molecule has 0 N–H and O–H groups in total. The Morgan fingerprint density at radius 3 is 1.33 bits per heavy atom. The van der Waals surface area contributed by atoms with Gasteiger partial charge >= 0.3 is 23.1 Å². The second kappa shape index (κ2) is 8.71. The molecular weight excluding hydrogens is 292 g/mol. The summed E-state index contributed by atoms with van der Waals surface area (Å²) in [5.74, 6) is -2.68. The Morgan fingerprint density at radius 2 is 1.14 bits per heavy atom. The smallest absolute Gasteiger partial charge is 0.619 e. The van der Waals surface area contributed by atoms with Gasteiger partial charge in [0.1, 0.15) is 0 Å². The number of aromatic nitrogens is 2. The topological polar surface area (TPSA) is 134 Å². The molecule has 0 aliphatic rings. The van der Waals surface area contributed by atoms with E-state index in [0.717, 1.165) is 12.4 Å². The average Bonchev–Trinajstić information content (AvgIpc) is 2.39. The fourth-order valence-electron chi connectivity index (χ4n) is 1.15. The molecule has 0 radical (unpaired) electrons. The second-order valence-corrected chi connectivity index (χ2v) is 3.48. The van der Waals surface area contributed by atoms with Crippen molar-refractivity contribution in [2.24, 2.45) is 0 Å². The number of rotatable bonds is 2. The Morgan fingerprint density at radius 1 is 0.810 bits per heavy atom. The number of carbonyl (C=O) groups is 2. The largest absolute Gasteiger partial charge is 2.00 e.